The van der Waals surface area contributed by atoms with E-state index in [9.17, 15) is 9.59 Å². The molecular weight excluding hydrogens is 620 g/mol. The van der Waals surface area contributed by atoms with Crippen molar-refractivity contribution in [3.63, 3.8) is 0 Å². The molecule has 0 saturated heterocycles. The minimum atomic E-state index is -0.512. The number of unbranched alkanes of at least 4 members (excludes halogenated alkanes) is 3. The molecule has 5 heteroatoms. The van der Waals surface area contributed by atoms with Crippen LogP contribution < -0.4 is 9.47 Å². The summed E-state index contributed by atoms with van der Waals surface area (Å²) in [5.74, 6) is 13.6. The molecule has 250 valence electrons. The first-order valence-corrected chi connectivity index (χ1v) is 17.0. The molecular formula is C45H40O5. The molecule has 5 rings (SSSR count). The monoisotopic (exact) mass is 660 g/mol. The normalized spacial score (nSPS) is 10.3. The van der Waals surface area contributed by atoms with E-state index in [1.807, 2.05) is 60.7 Å². The number of benzene rings is 5. The topological polar surface area (TPSA) is 61.8 Å². The van der Waals surface area contributed by atoms with Gasteiger partial charge in [-0.15, -0.1) is 0 Å². The number of hydrogen-bond acceptors (Lipinski definition) is 5. The predicted octanol–water partition coefficient (Wildman–Crippen LogP) is 9.50. The smallest absolute Gasteiger partial charge is 0.335 e. The second kappa shape index (κ2) is 17.9. The van der Waals surface area contributed by atoms with E-state index < -0.39 is 5.97 Å². The lowest BCUT2D eigenvalue weighted by Gasteiger charge is -2.08. The van der Waals surface area contributed by atoms with E-state index in [1.54, 1.807) is 0 Å². The van der Waals surface area contributed by atoms with E-state index in [4.69, 9.17) is 14.2 Å². The van der Waals surface area contributed by atoms with Gasteiger partial charge in [-0.05, 0) is 108 Å². The average molecular weight is 661 g/mol. The summed E-state index contributed by atoms with van der Waals surface area (Å²) < 4.78 is 16.5. The summed E-state index contributed by atoms with van der Waals surface area (Å²) in [6.07, 6.45) is 7.98. The van der Waals surface area contributed by atoms with Gasteiger partial charge in [0.25, 0.3) is 0 Å². The van der Waals surface area contributed by atoms with Crippen LogP contribution in [0.4, 0.5) is 0 Å². The van der Waals surface area contributed by atoms with Gasteiger partial charge in [0.15, 0.2) is 0 Å². The first-order chi connectivity index (χ1) is 24.5. The predicted molar refractivity (Wildman–Crippen MR) is 201 cm³/mol. The Morgan fingerprint density at radius 3 is 2.02 bits per heavy atom. The van der Waals surface area contributed by atoms with Crippen molar-refractivity contribution in [3.05, 3.63) is 144 Å². The molecule has 0 aliphatic carbocycles. The Hall–Kier alpha value is -6.04. The van der Waals surface area contributed by atoms with Gasteiger partial charge in [-0.1, -0.05) is 92.6 Å². The number of esters is 2. The van der Waals surface area contributed by atoms with E-state index in [0.717, 1.165) is 94.1 Å². The van der Waals surface area contributed by atoms with Crippen LogP contribution in [0.25, 0.3) is 21.5 Å². The SMILES string of the molecule is C=CC(=O)OCCCCCCOc1ccc2cc(C#Cc3ccc(C#Cc4ccc(CCC)cc4OC(=O)C=C)c4ccccc34)ccc2c1. The highest BCUT2D eigenvalue weighted by Gasteiger charge is 2.08. The second-order valence-corrected chi connectivity index (χ2v) is 11.8. The van der Waals surface area contributed by atoms with E-state index in [1.165, 1.54) is 6.08 Å². The van der Waals surface area contributed by atoms with Crippen LogP contribution in [0.3, 0.4) is 0 Å². The molecule has 0 heterocycles. The Morgan fingerprint density at radius 2 is 1.30 bits per heavy atom. The first kappa shape index (κ1) is 35.3. The summed E-state index contributed by atoms with van der Waals surface area (Å²) in [6.45, 7) is 10.1. The Kier molecular flexibility index (Phi) is 12.6. The molecule has 0 aliphatic rings. The molecule has 5 aromatic rings. The highest BCUT2D eigenvalue weighted by molar-refractivity contribution is 5.93. The zero-order chi connectivity index (χ0) is 35.1. The molecule has 0 N–H and O–H groups in total. The van der Waals surface area contributed by atoms with Crippen LogP contribution in [0.1, 0.15) is 66.8 Å². The molecule has 5 aromatic carbocycles. The van der Waals surface area contributed by atoms with Crippen molar-refractivity contribution in [2.45, 2.75) is 45.4 Å². The summed E-state index contributed by atoms with van der Waals surface area (Å²) in [6, 6.07) is 30.2. The van der Waals surface area contributed by atoms with Gasteiger partial charge >= 0.3 is 11.9 Å². The Labute approximate surface area is 294 Å². The van der Waals surface area contributed by atoms with Crippen molar-refractivity contribution in [2.24, 2.45) is 0 Å². The number of ether oxygens (including phenoxy) is 3. The fourth-order valence-corrected chi connectivity index (χ4v) is 5.51. The first-order valence-electron chi connectivity index (χ1n) is 17.0. The summed E-state index contributed by atoms with van der Waals surface area (Å²) in [7, 11) is 0. The van der Waals surface area contributed by atoms with Crippen molar-refractivity contribution < 1.29 is 23.8 Å². The number of carbonyl (C=O) groups is 2. The number of hydrogen-bond donors (Lipinski definition) is 0. The molecule has 0 atom stereocenters. The van der Waals surface area contributed by atoms with Crippen LogP contribution in [-0.2, 0) is 20.7 Å². The molecule has 0 aromatic heterocycles. The van der Waals surface area contributed by atoms with Crippen molar-refractivity contribution in [3.8, 4) is 35.2 Å². The van der Waals surface area contributed by atoms with Crippen LogP contribution in [0, 0.1) is 23.7 Å². The highest BCUT2D eigenvalue weighted by Crippen LogP contribution is 2.25. The van der Waals surface area contributed by atoms with Crippen molar-refractivity contribution in [2.75, 3.05) is 13.2 Å². The highest BCUT2D eigenvalue weighted by atomic mass is 16.5. The maximum Gasteiger partial charge on any atom is 0.335 e. The number of fused-ring (bicyclic) bond motifs is 2. The largest absolute Gasteiger partial charge is 0.494 e. The molecule has 0 amide bonds. The summed E-state index contributed by atoms with van der Waals surface area (Å²) in [5.41, 5.74) is 4.42. The fourth-order valence-electron chi connectivity index (χ4n) is 5.51. The van der Waals surface area contributed by atoms with Gasteiger partial charge in [0.05, 0.1) is 18.8 Å². The third-order valence-corrected chi connectivity index (χ3v) is 8.09. The zero-order valence-electron chi connectivity index (χ0n) is 28.4. The van der Waals surface area contributed by atoms with Crippen molar-refractivity contribution in [1.29, 1.82) is 0 Å². The third-order valence-electron chi connectivity index (χ3n) is 8.09. The number of aryl methyl sites for hydroxylation is 1. The lowest BCUT2D eigenvalue weighted by molar-refractivity contribution is -0.137. The molecule has 0 spiro atoms. The Morgan fingerprint density at radius 1 is 0.660 bits per heavy atom. The lowest BCUT2D eigenvalue weighted by Crippen LogP contribution is -2.05. The summed E-state index contributed by atoms with van der Waals surface area (Å²) >= 11 is 0. The molecule has 0 radical (unpaired) electrons. The van der Waals surface area contributed by atoms with Crippen LogP contribution in [0.2, 0.25) is 0 Å². The summed E-state index contributed by atoms with van der Waals surface area (Å²) in [4.78, 5) is 23.1. The van der Waals surface area contributed by atoms with Crippen LogP contribution in [-0.4, -0.2) is 25.2 Å². The third kappa shape index (κ3) is 9.75. The Bertz CT molecular complexity index is 2150. The van der Waals surface area contributed by atoms with Gasteiger partial charge in [0.1, 0.15) is 11.5 Å². The molecule has 0 fully saturated rings. The second-order valence-electron chi connectivity index (χ2n) is 11.8. The van der Waals surface area contributed by atoms with Crippen LogP contribution >= 0.6 is 0 Å². The Balaban J connectivity index is 1.27. The molecule has 0 aliphatic heterocycles. The standard InChI is InChI=1S/C45H40O5/c1-4-13-33-17-20-37(43(31-33)50-45(47)6-3)25-24-36-23-22-35(41-14-9-10-15-42(36)41)19-16-34-18-21-39-32-40(27-26-38(39)30-34)48-28-11-7-8-12-29-49-44(46)5-2/h5-6,9-10,14-15,17-18,20-23,26-27,30-32H,2-4,7-8,11-13,28-29H2,1H3. The minimum absolute atomic E-state index is 0.373. The van der Waals surface area contributed by atoms with E-state index >= 15 is 0 Å². The maximum absolute atomic E-state index is 12.0. The van der Waals surface area contributed by atoms with Crippen LogP contribution in [0.15, 0.2) is 116 Å². The maximum atomic E-state index is 12.0. The number of rotatable bonds is 13. The fraction of sp³-hybridized carbons (Fsp3) is 0.200. The summed E-state index contributed by atoms with van der Waals surface area (Å²) in [5, 5.41) is 4.20. The molecule has 5 nitrogen and oxygen atoms in total. The molecule has 50 heavy (non-hydrogen) atoms. The van der Waals surface area contributed by atoms with Gasteiger partial charge in [0, 0.05) is 28.8 Å². The van der Waals surface area contributed by atoms with E-state index in [0.29, 0.717) is 24.5 Å². The average Bonchev–Trinajstić information content (AvgIpc) is 3.14. The minimum Gasteiger partial charge on any atom is -0.494 e. The zero-order valence-corrected chi connectivity index (χ0v) is 28.4. The van der Waals surface area contributed by atoms with Gasteiger partial charge in [-0.2, -0.15) is 0 Å². The van der Waals surface area contributed by atoms with Gasteiger partial charge < -0.3 is 14.2 Å². The van der Waals surface area contributed by atoms with E-state index in [2.05, 4.69) is 74.1 Å². The van der Waals surface area contributed by atoms with Gasteiger partial charge in [-0.25, -0.2) is 9.59 Å². The molecule has 0 saturated carbocycles. The molecule has 0 bridgehead atoms. The molecule has 0 unspecified atom stereocenters. The van der Waals surface area contributed by atoms with Crippen molar-refractivity contribution in [1.82, 2.24) is 0 Å². The lowest BCUT2D eigenvalue weighted by atomic mass is 9.99. The number of carbonyl (C=O) groups excluding carboxylic acids is 2. The van der Waals surface area contributed by atoms with Gasteiger partial charge in [0.2, 0.25) is 0 Å². The van der Waals surface area contributed by atoms with Crippen LogP contribution in [0.5, 0.6) is 11.5 Å². The van der Waals surface area contributed by atoms with Crippen molar-refractivity contribution >= 4 is 33.5 Å². The van der Waals surface area contributed by atoms with E-state index in [-0.39, 0.29) is 5.97 Å². The quantitative estimate of drug-likeness (QED) is 0.0414. The van der Waals surface area contributed by atoms with Gasteiger partial charge in [-0.3, -0.25) is 0 Å².